The van der Waals surface area contributed by atoms with E-state index in [1.165, 1.54) is 6.33 Å². The summed E-state index contributed by atoms with van der Waals surface area (Å²) in [5.41, 5.74) is 7.77. The maximum Gasteiger partial charge on any atom is 0.122 e. The zero-order valence-corrected chi connectivity index (χ0v) is 8.87. The predicted molar refractivity (Wildman–Crippen MR) is 61.6 cm³/mol. The van der Waals surface area contributed by atoms with Crippen LogP contribution in [0.1, 0.15) is 12.1 Å². The monoisotopic (exact) mass is 215 g/mol. The molecule has 1 saturated heterocycles. The van der Waals surface area contributed by atoms with Gasteiger partial charge in [0.05, 0.1) is 17.4 Å². The number of fused-ring (bicyclic) bond motifs is 1. The first-order valence-corrected chi connectivity index (χ1v) is 5.40. The molecular weight excluding hydrogens is 202 g/mol. The van der Waals surface area contributed by atoms with Crippen LogP contribution in [0.2, 0.25) is 0 Å². The highest BCUT2D eigenvalue weighted by Gasteiger charge is 2.28. The summed E-state index contributed by atoms with van der Waals surface area (Å²) in [6, 6.07) is 1.94. The van der Waals surface area contributed by atoms with E-state index >= 15 is 0 Å². The van der Waals surface area contributed by atoms with Crippen LogP contribution in [0.3, 0.4) is 0 Å². The molecule has 82 valence electrons. The van der Waals surface area contributed by atoms with Crippen molar-refractivity contribution in [2.45, 2.75) is 12.5 Å². The second kappa shape index (κ2) is 3.68. The van der Waals surface area contributed by atoms with Gasteiger partial charge in [-0.25, -0.2) is 15.0 Å². The van der Waals surface area contributed by atoms with Crippen molar-refractivity contribution in [3.63, 3.8) is 0 Å². The number of hydrogen-bond donors (Lipinski definition) is 1. The van der Waals surface area contributed by atoms with Crippen molar-refractivity contribution in [2.75, 3.05) is 13.1 Å². The molecule has 0 aromatic carbocycles. The first kappa shape index (κ1) is 9.47. The number of nitrogens with two attached hydrogens (primary N) is 1. The van der Waals surface area contributed by atoms with Crippen LogP contribution < -0.4 is 5.73 Å². The topological polar surface area (TPSA) is 67.4 Å². The van der Waals surface area contributed by atoms with Crippen molar-refractivity contribution in [3.8, 4) is 0 Å². The minimum atomic E-state index is 0.0746. The van der Waals surface area contributed by atoms with Crippen molar-refractivity contribution >= 4 is 11.5 Å². The fourth-order valence-corrected chi connectivity index (χ4v) is 2.08. The number of amidine groups is 1. The Labute approximate surface area is 93.7 Å². The molecule has 2 aliphatic heterocycles. The summed E-state index contributed by atoms with van der Waals surface area (Å²) in [6.45, 7) is 1.89. The third-order valence-corrected chi connectivity index (χ3v) is 2.95. The summed E-state index contributed by atoms with van der Waals surface area (Å²) in [5.74, 6) is 0.996. The van der Waals surface area contributed by atoms with Crippen LogP contribution in [0.25, 0.3) is 5.70 Å². The lowest BCUT2D eigenvalue weighted by Crippen LogP contribution is -2.36. The Morgan fingerprint density at radius 2 is 2.38 bits per heavy atom. The molecule has 0 spiro atoms. The Hall–Kier alpha value is -1.75. The fraction of sp³-hybridized carbons (Fsp3) is 0.364. The van der Waals surface area contributed by atoms with Gasteiger partial charge in [0.1, 0.15) is 12.2 Å². The van der Waals surface area contributed by atoms with Crippen molar-refractivity contribution in [1.29, 1.82) is 0 Å². The van der Waals surface area contributed by atoms with Gasteiger partial charge in [0.15, 0.2) is 0 Å². The first-order valence-electron chi connectivity index (χ1n) is 5.40. The fourth-order valence-electron chi connectivity index (χ4n) is 2.08. The number of nitrogens with zero attached hydrogens (tertiary/aromatic N) is 4. The summed E-state index contributed by atoms with van der Waals surface area (Å²) in [4.78, 5) is 14.9. The van der Waals surface area contributed by atoms with Gasteiger partial charge < -0.3 is 10.6 Å². The van der Waals surface area contributed by atoms with Crippen LogP contribution >= 0.6 is 0 Å². The molecule has 0 saturated carbocycles. The van der Waals surface area contributed by atoms with Gasteiger partial charge >= 0.3 is 0 Å². The Kier molecular flexibility index (Phi) is 2.18. The molecule has 1 aromatic rings. The Morgan fingerprint density at radius 1 is 1.44 bits per heavy atom. The molecule has 2 N–H and O–H groups in total. The molecule has 5 nitrogen and oxygen atoms in total. The number of aromatic nitrogens is 2. The van der Waals surface area contributed by atoms with Gasteiger partial charge in [-0.15, -0.1) is 0 Å². The molecular formula is C11H13N5. The van der Waals surface area contributed by atoms with E-state index in [4.69, 9.17) is 5.73 Å². The molecule has 16 heavy (non-hydrogen) atoms. The summed E-state index contributed by atoms with van der Waals surface area (Å²) in [5, 5.41) is 0. The first-order chi connectivity index (χ1) is 7.84. The molecule has 1 unspecified atom stereocenters. The van der Waals surface area contributed by atoms with Gasteiger partial charge in [0.2, 0.25) is 0 Å². The highest BCUT2D eigenvalue weighted by molar-refractivity contribution is 5.95. The van der Waals surface area contributed by atoms with E-state index in [-0.39, 0.29) is 6.04 Å². The minimum absolute atomic E-state index is 0.0746. The van der Waals surface area contributed by atoms with E-state index in [1.54, 1.807) is 6.20 Å². The molecule has 1 aromatic heterocycles. The van der Waals surface area contributed by atoms with E-state index in [9.17, 15) is 0 Å². The average molecular weight is 215 g/mol. The van der Waals surface area contributed by atoms with Gasteiger partial charge in [-0.1, -0.05) is 0 Å². The maximum atomic E-state index is 6.00. The average Bonchev–Trinajstić information content (AvgIpc) is 2.72. The van der Waals surface area contributed by atoms with Crippen LogP contribution in [0.4, 0.5) is 0 Å². The Morgan fingerprint density at radius 3 is 3.19 bits per heavy atom. The maximum absolute atomic E-state index is 6.00. The van der Waals surface area contributed by atoms with Crippen LogP contribution in [-0.2, 0) is 0 Å². The SMILES string of the molecule is NC1CCN2CC=C(c3ccncn3)N=C12. The molecule has 0 bridgehead atoms. The predicted octanol–water partition coefficient (Wildman–Crippen LogP) is 0.263. The van der Waals surface area contributed by atoms with E-state index in [0.29, 0.717) is 0 Å². The van der Waals surface area contributed by atoms with E-state index < -0.39 is 0 Å². The molecule has 0 amide bonds. The molecule has 3 heterocycles. The van der Waals surface area contributed by atoms with E-state index in [2.05, 4.69) is 25.9 Å². The van der Waals surface area contributed by atoms with Crippen LogP contribution in [0, 0.1) is 0 Å². The highest BCUT2D eigenvalue weighted by Crippen LogP contribution is 2.22. The number of rotatable bonds is 1. The number of hydrogen-bond acceptors (Lipinski definition) is 5. The number of aliphatic imine (C=N–C) groups is 1. The highest BCUT2D eigenvalue weighted by atomic mass is 15.2. The molecule has 0 radical (unpaired) electrons. The molecule has 3 rings (SSSR count). The third-order valence-electron chi connectivity index (χ3n) is 2.95. The second-order valence-corrected chi connectivity index (χ2v) is 4.00. The van der Waals surface area contributed by atoms with Crippen LogP contribution in [0.15, 0.2) is 29.7 Å². The largest absolute Gasteiger partial charge is 0.355 e. The second-order valence-electron chi connectivity index (χ2n) is 4.00. The van der Waals surface area contributed by atoms with Crippen LogP contribution in [-0.4, -0.2) is 39.8 Å². The standard InChI is InChI=1S/C11H13N5/c12-8-2-5-16-6-3-10(15-11(8)16)9-1-4-13-7-14-9/h1,3-4,7-8H,2,5-6,12H2. The summed E-state index contributed by atoms with van der Waals surface area (Å²) < 4.78 is 0. The van der Waals surface area contributed by atoms with Gasteiger partial charge in [-0.05, 0) is 18.6 Å². The van der Waals surface area contributed by atoms with Crippen molar-refractivity contribution in [3.05, 3.63) is 30.4 Å². The summed E-state index contributed by atoms with van der Waals surface area (Å²) >= 11 is 0. The van der Waals surface area contributed by atoms with Crippen molar-refractivity contribution in [1.82, 2.24) is 14.9 Å². The Balaban J connectivity index is 1.94. The van der Waals surface area contributed by atoms with Gasteiger partial charge in [0.25, 0.3) is 0 Å². The third kappa shape index (κ3) is 1.49. The lowest BCUT2D eigenvalue weighted by Gasteiger charge is -2.22. The minimum Gasteiger partial charge on any atom is -0.355 e. The van der Waals surface area contributed by atoms with Crippen LogP contribution in [0.5, 0.6) is 0 Å². The molecule has 1 atom stereocenters. The van der Waals surface area contributed by atoms with Gasteiger partial charge in [-0.2, -0.15) is 0 Å². The zero-order chi connectivity index (χ0) is 11.0. The Bertz CT molecular complexity index is 451. The smallest absolute Gasteiger partial charge is 0.122 e. The van der Waals surface area contributed by atoms with Gasteiger partial charge in [-0.3, -0.25) is 0 Å². The lowest BCUT2D eigenvalue weighted by molar-refractivity contribution is 0.498. The molecule has 0 aliphatic carbocycles. The van der Waals surface area contributed by atoms with Crippen molar-refractivity contribution < 1.29 is 0 Å². The zero-order valence-electron chi connectivity index (χ0n) is 8.87. The normalized spacial score (nSPS) is 23.8. The molecule has 5 heteroatoms. The van der Waals surface area contributed by atoms with Crippen molar-refractivity contribution in [2.24, 2.45) is 10.7 Å². The quantitative estimate of drug-likeness (QED) is 0.729. The van der Waals surface area contributed by atoms with E-state index in [1.807, 2.05) is 6.07 Å². The molecule has 1 fully saturated rings. The van der Waals surface area contributed by atoms with E-state index in [0.717, 1.165) is 36.7 Å². The summed E-state index contributed by atoms with van der Waals surface area (Å²) in [6.07, 6.45) is 6.34. The van der Waals surface area contributed by atoms with Gasteiger partial charge in [0, 0.05) is 19.3 Å². The summed E-state index contributed by atoms with van der Waals surface area (Å²) in [7, 11) is 0. The molecule has 2 aliphatic rings. The lowest BCUT2D eigenvalue weighted by atomic mass is 10.2.